The molecule has 0 aliphatic rings. The van der Waals surface area contributed by atoms with Gasteiger partial charge in [-0.05, 0) is 37.1 Å². The number of ether oxygens (including phenoxy) is 2. The van der Waals surface area contributed by atoms with Crippen LogP contribution in [-0.4, -0.2) is 11.6 Å². The van der Waals surface area contributed by atoms with E-state index in [2.05, 4.69) is 4.98 Å². The first kappa shape index (κ1) is 20.5. The van der Waals surface area contributed by atoms with Crippen molar-refractivity contribution in [2.75, 3.05) is 12.3 Å². The molecule has 0 saturated carbocycles. The van der Waals surface area contributed by atoms with Crippen molar-refractivity contribution >= 4 is 5.82 Å². The van der Waals surface area contributed by atoms with Gasteiger partial charge in [0.2, 0.25) is 0 Å². The van der Waals surface area contributed by atoms with Gasteiger partial charge in [-0.1, -0.05) is 35.9 Å². The molecule has 150 valence electrons. The third kappa shape index (κ3) is 4.11. The number of nitrogens with one attached hydrogen (secondary N) is 1. The van der Waals surface area contributed by atoms with E-state index in [1.165, 1.54) is 0 Å². The molecule has 30 heavy (non-hydrogen) atoms. The minimum absolute atomic E-state index is 0.0297. The summed E-state index contributed by atoms with van der Waals surface area (Å²) in [4.78, 5) is 14.5. The van der Waals surface area contributed by atoms with Crippen molar-refractivity contribution in [2.24, 2.45) is 0 Å². The lowest BCUT2D eigenvalue weighted by atomic mass is 9.96. The molecule has 1 aromatic heterocycles. The molecule has 0 radical (unpaired) electrons. The number of aromatic nitrogens is 1. The van der Waals surface area contributed by atoms with Gasteiger partial charge in [0.15, 0.2) is 11.5 Å². The molecule has 0 saturated heterocycles. The van der Waals surface area contributed by atoms with Crippen LogP contribution in [0.25, 0.3) is 11.1 Å². The van der Waals surface area contributed by atoms with Crippen LogP contribution in [0, 0.1) is 29.6 Å². The Balaban J connectivity index is 2.05. The summed E-state index contributed by atoms with van der Waals surface area (Å²) in [6, 6.07) is 16.8. The van der Waals surface area contributed by atoms with Crippen LogP contribution in [0.3, 0.4) is 0 Å². The van der Waals surface area contributed by atoms with Crippen LogP contribution in [0.5, 0.6) is 11.5 Å². The first-order valence-corrected chi connectivity index (χ1v) is 9.30. The maximum Gasteiger partial charge on any atom is 0.268 e. The lowest BCUT2D eigenvalue weighted by Gasteiger charge is -2.15. The van der Waals surface area contributed by atoms with E-state index in [1.54, 1.807) is 18.2 Å². The number of H-pyrrole nitrogens is 1. The average Bonchev–Trinajstić information content (AvgIpc) is 2.72. The Bertz CT molecular complexity index is 1230. The van der Waals surface area contributed by atoms with Gasteiger partial charge in [0.1, 0.15) is 35.7 Å². The van der Waals surface area contributed by atoms with Crippen molar-refractivity contribution in [3.8, 4) is 34.8 Å². The number of anilines is 1. The lowest BCUT2D eigenvalue weighted by Crippen LogP contribution is -2.16. The second kappa shape index (κ2) is 8.85. The van der Waals surface area contributed by atoms with Crippen LogP contribution in [0.4, 0.5) is 5.82 Å². The average molecular weight is 400 g/mol. The van der Waals surface area contributed by atoms with Gasteiger partial charge >= 0.3 is 0 Å². The maximum atomic E-state index is 12.2. The molecule has 2 aromatic carbocycles. The summed E-state index contributed by atoms with van der Waals surface area (Å²) in [5.74, 6) is 0.862. The predicted octanol–water partition coefficient (Wildman–Crippen LogP) is 3.65. The van der Waals surface area contributed by atoms with Gasteiger partial charge < -0.3 is 20.2 Å². The number of pyridine rings is 1. The summed E-state index contributed by atoms with van der Waals surface area (Å²) >= 11 is 0. The molecule has 0 atom stereocenters. The van der Waals surface area contributed by atoms with Crippen LogP contribution in [-0.2, 0) is 6.61 Å². The van der Waals surface area contributed by atoms with Crippen molar-refractivity contribution in [3.05, 3.63) is 75.1 Å². The van der Waals surface area contributed by atoms with Gasteiger partial charge in [0, 0.05) is 5.56 Å². The number of nitrogen functional groups attached to an aromatic ring is 1. The topological polar surface area (TPSA) is 125 Å². The molecule has 0 spiro atoms. The molecule has 1 heterocycles. The SMILES string of the molecule is CCOc1cc(-c2c(C#N)c(N)[nH]c(=O)c2C#N)ccc1OCc1cccc(C)c1. The molecule has 3 N–H and O–H groups in total. The van der Waals surface area contributed by atoms with Crippen molar-refractivity contribution in [1.29, 1.82) is 10.5 Å². The number of nitrogens with two attached hydrogens (primary N) is 1. The van der Waals surface area contributed by atoms with Crippen LogP contribution in [0.2, 0.25) is 0 Å². The molecule has 3 rings (SSSR count). The highest BCUT2D eigenvalue weighted by molar-refractivity contribution is 5.81. The summed E-state index contributed by atoms with van der Waals surface area (Å²) < 4.78 is 11.6. The number of aromatic amines is 1. The molecule has 0 aliphatic carbocycles. The molecule has 7 heteroatoms. The van der Waals surface area contributed by atoms with Crippen LogP contribution in [0.1, 0.15) is 29.2 Å². The van der Waals surface area contributed by atoms with Gasteiger partial charge in [-0.15, -0.1) is 0 Å². The van der Waals surface area contributed by atoms with E-state index >= 15 is 0 Å². The summed E-state index contributed by atoms with van der Waals surface area (Å²) in [7, 11) is 0. The first-order valence-electron chi connectivity index (χ1n) is 9.30. The van der Waals surface area contributed by atoms with Crippen molar-refractivity contribution in [3.63, 3.8) is 0 Å². The molecular formula is C23H20N4O3. The van der Waals surface area contributed by atoms with E-state index < -0.39 is 5.56 Å². The number of nitrogens with zero attached hydrogens (tertiary/aromatic N) is 2. The fourth-order valence-electron chi connectivity index (χ4n) is 3.15. The normalized spacial score (nSPS) is 10.1. The highest BCUT2D eigenvalue weighted by atomic mass is 16.5. The third-order valence-corrected chi connectivity index (χ3v) is 4.48. The van der Waals surface area contributed by atoms with Gasteiger partial charge in [0.25, 0.3) is 5.56 Å². The molecular weight excluding hydrogens is 380 g/mol. The van der Waals surface area contributed by atoms with Crippen molar-refractivity contribution in [2.45, 2.75) is 20.5 Å². The van der Waals surface area contributed by atoms with Gasteiger partial charge in [-0.3, -0.25) is 4.79 Å². The molecule has 3 aromatic rings. The largest absolute Gasteiger partial charge is 0.490 e. The van der Waals surface area contributed by atoms with E-state index in [9.17, 15) is 15.3 Å². The zero-order valence-electron chi connectivity index (χ0n) is 16.7. The molecule has 0 bridgehead atoms. The Hall–Kier alpha value is -4.23. The monoisotopic (exact) mass is 400 g/mol. The smallest absolute Gasteiger partial charge is 0.268 e. The number of benzene rings is 2. The first-order chi connectivity index (χ1) is 14.5. The van der Waals surface area contributed by atoms with Crippen LogP contribution in [0.15, 0.2) is 47.3 Å². The van der Waals surface area contributed by atoms with E-state index in [-0.39, 0.29) is 22.5 Å². The summed E-state index contributed by atoms with van der Waals surface area (Å²) in [6.07, 6.45) is 0. The van der Waals surface area contributed by atoms with E-state index in [4.69, 9.17) is 15.2 Å². The number of rotatable bonds is 6. The molecule has 0 aliphatic heterocycles. The van der Waals surface area contributed by atoms with Crippen molar-refractivity contribution in [1.82, 2.24) is 4.98 Å². The van der Waals surface area contributed by atoms with Crippen LogP contribution >= 0.6 is 0 Å². The van der Waals surface area contributed by atoms with Gasteiger partial charge in [-0.2, -0.15) is 10.5 Å². The van der Waals surface area contributed by atoms with E-state index in [0.29, 0.717) is 30.3 Å². The number of aryl methyl sites for hydroxylation is 1. The fraction of sp³-hybridized carbons (Fsp3) is 0.174. The maximum absolute atomic E-state index is 12.2. The molecule has 7 nitrogen and oxygen atoms in total. The van der Waals surface area contributed by atoms with E-state index in [1.807, 2.05) is 50.3 Å². The summed E-state index contributed by atoms with van der Waals surface area (Å²) in [5.41, 5.74) is 7.79. The summed E-state index contributed by atoms with van der Waals surface area (Å²) in [6.45, 7) is 4.59. The Labute approximate surface area is 173 Å². The Kier molecular flexibility index (Phi) is 6.05. The van der Waals surface area contributed by atoms with Gasteiger partial charge in [0.05, 0.1) is 6.61 Å². The quantitative estimate of drug-likeness (QED) is 0.650. The number of hydrogen-bond acceptors (Lipinski definition) is 6. The highest BCUT2D eigenvalue weighted by Crippen LogP contribution is 2.36. The number of nitriles is 2. The lowest BCUT2D eigenvalue weighted by molar-refractivity contribution is 0.269. The second-order valence-corrected chi connectivity index (χ2v) is 6.59. The predicted molar refractivity (Wildman–Crippen MR) is 113 cm³/mol. The second-order valence-electron chi connectivity index (χ2n) is 6.59. The minimum Gasteiger partial charge on any atom is -0.490 e. The zero-order chi connectivity index (χ0) is 21.7. The Morgan fingerprint density at radius 3 is 2.47 bits per heavy atom. The third-order valence-electron chi connectivity index (χ3n) is 4.48. The molecule has 0 unspecified atom stereocenters. The Morgan fingerprint density at radius 2 is 1.80 bits per heavy atom. The molecule has 0 fully saturated rings. The van der Waals surface area contributed by atoms with Crippen LogP contribution < -0.4 is 20.8 Å². The minimum atomic E-state index is -0.651. The van der Waals surface area contributed by atoms with E-state index in [0.717, 1.165) is 11.1 Å². The summed E-state index contributed by atoms with van der Waals surface area (Å²) in [5, 5.41) is 19.0. The van der Waals surface area contributed by atoms with Crippen molar-refractivity contribution < 1.29 is 9.47 Å². The van der Waals surface area contributed by atoms with Gasteiger partial charge in [-0.25, -0.2) is 0 Å². The number of hydrogen-bond donors (Lipinski definition) is 2. The molecule has 0 amide bonds. The Morgan fingerprint density at radius 1 is 1.03 bits per heavy atom. The fourth-order valence-corrected chi connectivity index (χ4v) is 3.15. The zero-order valence-corrected chi connectivity index (χ0v) is 16.7. The highest BCUT2D eigenvalue weighted by Gasteiger charge is 2.19. The standard InChI is InChI=1S/C23H20N4O3/c1-3-29-20-10-16(21-17(11-24)22(26)27-23(28)18(21)12-25)7-8-19(20)30-13-15-6-4-5-14(2)9-15/h4-10H,3,13H2,1-2H3,(H3,26,27,28).